The van der Waals surface area contributed by atoms with Crippen LogP contribution in [0.25, 0.3) is 0 Å². The Morgan fingerprint density at radius 3 is 3.17 bits per heavy atom. The molecule has 1 atom stereocenters. The molecule has 2 N–H and O–H groups in total. The average molecular weight is 250 g/mol. The van der Waals surface area contributed by atoms with Crippen LogP contribution in [0.15, 0.2) is 12.3 Å². The summed E-state index contributed by atoms with van der Waals surface area (Å²) >= 11 is 0. The van der Waals surface area contributed by atoms with Crippen LogP contribution in [0.1, 0.15) is 23.8 Å². The zero-order valence-electron chi connectivity index (χ0n) is 10.5. The van der Waals surface area contributed by atoms with Gasteiger partial charge in [0, 0.05) is 19.3 Å². The highest BCUT2D eigenvalue weighted by Gasteiger charge is 2.20. The van der Waals surface area contributed by atoms with Gasteiger partial charge in [0.15, 0.2) is 5.69 Å². The number of carboxylic acids is 1. The number of aromatic nitrogens is 2. The molecule has 1 saturated heterocycles. The summed E-state index contributed by atoms with van der Waals surface area (Å²) in [5.74, 6) is -0.0506. The molecule has 1 fully saturated rings. The van der Waals surface area contributed by atoms with Crippen LogP contribution in [0.4, 0.5) is 5.95 Å². The highest BCUT2D eigenvalue weighted by molar-refractivity contribution is 5.85. The zero-order valence-corrected chi connectivity index (χ0v) is 10.5. The van der Waals surface area contributed by atoms with Crippen LogP contribution in [-0.4, -0.2) is 52.1 Å². The van der Waals surface area contributed by atoms with Crippen molar-refractivity contribution < 1.29 is 9.90 Å². The van der Waals surface area contributed by atoms with Gasteiger partial charge in [-0.25, -0.2) is 14.8 Å². The Morgan fingerprint density at radius 2 is 2.50 bits per heavy atom. The second kappa shape index (κ2) is 5.77. The topological polar surface area (TPSA) is 78.4 Å². The van der Waals surface area contributed by atoms with Gasteiger partial charge in [0.05, 0.1) is 0 Å². The molecule has 0 spiro atoms. The Kier molecular flexibility index (Phi) is 4.09. The molecule has 1 aliphatic rings. The maximum absolute atomic E-state index is 10.8. The van der Waals surface area contributed by atoms with Gasteiger partial charge < -0.3 is 15.3 Å². The van der Waals surface area contributed by atoms with E-state index in [-0.39, 0.29) is 5.69 Å². The van der Waals surface area contributed by atoms with Crippen molar-refractivity contribution in [2.24, 2.45) is 5.92 Å². The Morgan fingerprint density at radius 1 is 1.67 bits per heavy atom. The molecule has 0 radical (unpaired) electrons. The van der Waals surface area contributed by atoms with Crippen molar-refractivity contribution in [2.75, 3.05) is 31.5 Å². The van der Waals surface area contributed by atoms with E-state index in [0.29, 0.717) is 11.9 Å². The van der Waals surface area contributed by atoms with Crippen molar-refractivity contribution >= 4 is 11.9 Å². The quantitative estimate of drug-likeness (QED) is 0.809. The highest BCUT2D eigenvalue weighted by atomic mass is 16.4. The fraction of sp³-hybridized carbons (Fsp3) is 0.583. The van der Waals surface area contributed by atoms with Crippen LogP contribution in [0, 0.1) is 5.92 Å². The number of aromatic carboxylic acids is 1. The molecule has 0 aromatic carbocycles. The van der Waals surface area contributed by atoms with Crippen molar-refractivity contribution in [1.82, 2.24) is 14.9 Å². The van der Waals surface area contributed by atoms with Crippen LogP contribution in [0.5, 0.6) is 0 Å². The first-order valence-corrected chi connectivity index (χ1v) is 6.21. The molecule has 2 rings (SSSR count). The second-order valence-electron chi connectivity index (χ2n) is 4.50. The molecule has 0 amide bonds. The van der Waals surface area contributed by atoms with Crippen molar-refractivity contribution in [1.29, 1.82) is 0 Å². The fourth-order valence-corrected chi connectivity index (χ4v) is 2.17. The molecule has 0 aliphatic carbocycles. The van der Waals surface area contributed by atoms with Gasteiger partial charge in [-0.2, -0.15) is 0 Å². The van der Waals surface area contributed by atoms with Crippen LogP contribution >= 0.6 is 0 Å². The van der Waals surface area contributed by atoms with E-state index >= 15 is 0 Å². The van der Waals surface area contributed by atoms with Gasteiger partial charge in [-0.3, -0.25) is 0 Å². The van der Waals surface area contributed by atoms with Crippen molar-refractivity contribution in [3.63, 3.8) is 0 Å². The number of carbonyl (C=O) groups is 1. The number of likely N-dealkylation sites (tertiary alicyclic amines) is 1. The van der Waals surface area contributed by atoms with Crippen LogP contribution < -0.4 is 5.32 Å². The van der Waals surface area contributed by atoms with Crippen molar-refractivity contribution in [3.05, 3.63) is 18.0 Å². The Bertz CT molecular complexity index is 424. The number of nitrogens with zero attached hydrogens (tertiary/aromatic N) is 3. The summed E-state index contributed by atoms with van der Waals surface area (Å²) in [4.78, 5) is 21.1. The highest BCUT2D eigenvalue weighted by Crippen LogP contribution is 2.15. The molecule has 1 aromatic rings. The third-order valence-corrected chi connectivity index (χ3v) is 3.24. The van der Waals surface area contributed by atoms with Crippen LogP contribution in [0.2, 0.25) is 0 Å². The summed E-state index contributed by atoms with van der Waals surface area (Å²) in [6.45, 7) is 6.26. The van der Waals surface area contributed by atoms with Crippen LogP contribution in [0.3, 0.4) is 0 Å². The lowest BCUT2D eigenvalue weighted by molar-refractivity contribution is 0.0690. The molecule has 6 heteroatoms. The summed E-state index contributed by atoms with van der Waals surface area (Å²) in [6, 6.07) is 1.39. The summed E-state index contributed by atoms with van der Waals surface area (Å²) < 4.78 is 0. The minimum absolute atomic E-state index is 0.0223. The maximum Gasteiger partial charge on any atom is 0.354 e. The second-order valence-corrected chi connectivity index (χ2v) is 4.50. The van der Waals surface area contributed by atoms with E-state index in [0.717, 1.165) is 26.2 Å². The largest absolute Gasteiger partial charge is 0.477 e. The van der Waals surface area contributed by atoms with Gasteiger partial charge in [-0.15, -0.1) is 0 Å². The lowest BCUT2D eigenvalue weighted by Crippen LogP contribution is -2.23. The van der Waals surface area contributed by atoms with Crippen LogP contribution in [-0.2, 0) is 0 Å². The zero-order chi connectivity index (χ0) is 13.0. The van der Waals surface area contributed by atoms with E-state index in [2.05, 4.69) is 27.1 Å². The van der Waals surface area contributed by atoms with Gasteiger partial charge in [0.1, 0.15) is 0 Å². The number of anilines is 1. The third kappa shape index (κ3) is 3.16. The first-order chi connectivity index (χ1) is 8.69. The molecule has 0 bridgehead atoms. The molecule has 1 aromatic heterocycles. The van der Waals surface area contributed by atoms with Crippen molar-refractivity contribution in [3.8, 4) is 0 Å². The molecule has 18 heavy (non-hydrogen) atoms. The predicted molar refractivity (Wildman–Crippen MR) is 67.7 cm³/mol. The van der Waals surface area contributed by atoms with Gasteiger partial charge >= 0.3 is 5.97 Å². The SMILES string of the molecule is CCN1CCC(CNc2nccc(C(=O)O)n2)C1. The normalized spacial score (nSPS) is 19.9. The Balaban J connectivity index is 1.87. The van der Waals surface area contributed by atoms with Gasteiger partial charge in [-0.05, 0) is 31.5 Å². The number of rotatable bonds is 5. The predicted octanol–water partition coefficient (Wildman–Crippen LogP) is 0.928. The van der Waals surface area contributed by atoms with Gasteiger partial charge in [0.2, 0.25) is 5.95 Å². The summed E-state index contributed by atoms with van der Waals surface area (Å²) in [6.07, 6.45) is 2.63. The minimum atomic E-state index is -1.03. The molecule has 1 aliphatic heterocycles. The summed E-state index contributed by atoms with van der Waals surface area (Å²) in [7, 11) is 0. The summed E-state index contributed by atoms with van der Waals surface area (Å²) in [5, 5.41) is 11.9. The number of nitrogens with one attached hydrogen (secondary N) is 1. The molecule has 98 valence electrons. The van der Waals surface area contributed by atoms with E-state index in [4.69, 9.17) is 5.11 Å². The van der Waals surface area contributed by atoms with E-state index < -0.39 is 5.97 Å². The minimum Gasteiger partial charge on any atom is -0.477 e. The van der Waals surface area contributed by atoms with E-state index in [1.54, 1.807) is 0 Å². The lowest BCUT2D eigenvalue weighted by Gasteiger charge is -2.13. The average Bonchev–Trinajstić information content (AvgIpc) is 2.84. The Labute approximate surface area is 106 Å². The molecular formula is C12H18N4O2. The first kappa shape index (κ1) is 12.8. The smallest absolute Gasteiger partial charge is 0.354 e. The lowest BCUT2D eigenvalue weighted by atomic mass is 10.1. The van der Waals surface area contributed by atoms with E-state index in [9.17, 15) is 4.79 Å². The fourth-order valence-electron chi connectivity index (χ4n) is 2.17. The third-order valence-electron chi connectivity index (χ3n) is 3.24. The number of hydrogen-bond acceptors (Lipinski definition) is 5. The monoisotopic (exact) mass is 250 g/mol. The van der Waals surface area contributed by atoms with Crippen molar-refractivity contribution in [2.45, 2.75) is 13.3 Å². The first-order valence-electron chi connectivity index (χ1n) is 6.21. The number of hydrogen-bond donors (Lipinski definition) is 2. The number of carboxylic acid groups (broad SMARTS) is 1. The standard InChI is InChI=1S/C12H18N4O2/c1-2-16-6-4-9(8-16)7-14-12-13-5-3-10(15-12)11(17)18/h3,5,9H,2,4,6-8H2,1H3,(H,17,18)(H,13,14,15). The Hall–Kier alpha value is -1.69. The van der Waals surface area contributed by atoms with Gasteiger partial charge in [-0.1, -0.05) is 6.92 Å². The van der Waals surface area contributed by atoms with E-state index in [1.807, 2.05) is 0 Å². The molecule has 1 unspecified atom stereocenters. The molecule has 2 heterocycles. The maximum atomic E-state index is 10.8. The molecular weight excluding hydrogens is 232 g/mol. The van der Waals surface area contributed by atoms with E-state index in [1.165, 1.54) is 18.7 Å². The molecule has 0 saturated carbocycles. The summed E-state index contributed by atoms with van der Waals surface area (Å²) in [5.41, 5.74) is 0.0223. The van der Waals surface area contributed by atoms with Gasteiger partial charge in [0.25, 0.3) is 0 Å². The molecule has 6 nitrogen and oxygen atoms in total.